The lowest BCUT2D eigenvalue weighted by Crippen LogP contribution is -2.34. The van der Waals surface area contributed by atoms with E-state index in [4.69, 9.17) is 21.1 Å². The van der Waals surface area contributed by atoms with E-state index >= 15 is 0 Å². The molecule has 1 aromatic rings. The summed E-state index contributed by atoms with van der Waals surface area (Å²) in [6.07, 6.45) is 1.93. The number of nitrogens with zero attached hydrogens (tertiary/aromatic N) is 3. The van der Waals surface area contributed by atoms with Gasteiger partial charge in [0.2, 0.25) is 5.89 Å². The van der Waals surface area contributed by atoms with Crippen molar-refractivity contribution in [3.63, 3.8) is 0 Å². The van der Waals surface area contributed by atoms with E-state index in [-0.39, 0.29) is 12.0 Å². The number of hydrogen-bond acceptors (Lipinski definition) is 5. The minimum absolute atomic E-state index is 0.253. The van der Waals surface area contributed by atoms with Crippen LogP contribution in [0.2, 0.25) is 0 Å². The van der Waals surface area contributed by atoms with Gasteiger partial charge in [-0.15, -0.1) is 16.7 Å². The normalized spacial score (nSPS) is 20.1. The predicted octanol–water partition coefficient (Wildman–Crippen LogP) is 1.58. The lowest BCUT2D eigenvalue weighted by Gasteiger charge is -2.29. The molecule has 0 aromatic carbocycles. The van der Waals surface area contributed by atoms with Crippen LogP contribution in [0.1, 0.15) is 31.0 Å². The first-order valence-electron chi connectivity index (χ1n) is 5.54. The molecule has 2 heterocycles. The Morgan fingerprint density at radius 1 is 1.50 bits per heavy atom. The van der Waals surface area contributed by atoms with E-state index in [0.29, 0.717) is 17.8 Å². The van der Waals surface area contributed by atoms with Gasteiger partial charge >= 0.3 is 6.01 Å². The fourth-order valence-corrected chi connectivity index (χ4v) is 1.91. The summed E-state index contributed by atoms with van der Waals surface area (Å²) in [5.74, 6) is 0.867. The topological polar surface area (TPSA) is 62.4 Å². The van der Waals surface area contributed by atoms with Crippen LogP contribution in [0.3, 0.4) is 0 Å². The summed E-state index contributed by atoms with van der Waals surface area (Å²) in [4.78, 5) is 2.04. The molecule has 1 N–H and O–H groups in total. The highest BCUT2D eigenvalue weighted by atomic mass is 35.5. The van der Waals surface area contributed by atoms with Crippen molar-refractivity contribution in [3.05, 3.63) is 5.89 Å². The minimum Gasteiger partial charge on any atom is -0.406 e. The van der Waals surface area contributed by atoms with Gasteiger partial charge in [0.1, 0.15) is 5.38 Å². The zero-order valence-corrected chi connectivity index (χ0v) is 10.0. The number of anilines is 1. The van der Waals surface area contributed by atoms with Crippen LogP contribution in [0, 0.1) is 5.92 Å². The minimum atomic E-state index is -0.253. The molecule has 90 valence electrons. The summed E-state index contributed by atoms with van der Waals surface area (Å²) >= 11 is 5.85. The lowest BCUT2D eigenvalue weighted by molar-refractivity contribution is 0.201. The second kappa shape index (κ2) is 5.01. The second-order valence-electron chi connectivity index (χ2n) is 4.15. The summed E-state index contributed by atoms with van der Waals surface area (Å²) in [7, 11) is 0. The number of piperidine rings is 1. The molecule has 1 atom stereocenters. The first-order chi connectivity index (χ1) is 7.70. The van der Waals surface area contributed by atoms with Crippen molar-refractivity contribution < 1.29 is 9.52 Å². The van der Waals surface area contributed by atoms with Gasteiger partial charge < -0.3 is 14.4 Å². The lowest BCUT2D eigenvalue weighted by atomic mass is 9.98. The third kappa shape index (κ3) is 2.47. The number of aromatic nitrogens is 2. The molecule has 2 rings (SSSR count). The van der Waals surface area contributed by atoms with Crippen molar-refractivity contribution in [1.29, 1.82) is 0 Å². The SMILES string of the molecule is CC(Cl)c1nnc(N2CCC(CO)CC2)o1. The van der Waals surface area contributed by atoms with Crippen molar-refractivity contribution in [3.8, 4) is 0 Å². The van der Waals surface area contributed by atoms with E-state index in [1.165, 1.54) is 0 Å². The maximum Gasteiger partial charge on any atom is 0.318 e. The standard InChI is InChI=1S/C10H16ClN3O2/c1-7(11)9-12-13-10(16-9)14-4-2-8(6-15)3-5-14/h7-8,15H,2-6H2,1H3. The molecule has 1 aliphatic rings. The van der Waals surface area contributed by atoms with E-state index < -0.39 is 0 Å². The molecule has 0 aliphatic carbocycles. The monoisotopic (exact) mass is 245 g/mol. The second-order valence-corrected chi connectivity index (χ2v) is 4.81. The fourth-order valence-electron chi connectivity index (χ4n) is 1.82. The number of aliphatic hydroxyl groups is 1. The third-order valence-corrected chi connectivity index (χ3v) is 3.10. The number of halogens is 1. The van der Waals surface area contributed by atoms with Gasteiger partial charge in [-0.3, -0.25) is 0 Å². The van der Waals surface area contributed by atoms with Gasteiger partial charge in [-0.2, -0.15) is 0 Å². The van der Waals surface area contributed by atoms with E-state index in [1.807, 2.05) is 4.90 Å². The van der Waals surface area contributed by atoms with Gasteiger partial charge in [-0.05, 0) is 25.7 Å². The highest BCUT2D eigenvalue weighted by molar-refractivity contribution is 6.20. The van der Waals surface area contributed by atoms with Crippen LogP contribution in [-0.2, 0) is 0 Å². The molecule has 0 radical (unpaired) electrons. The average molecular weight is 246 g/mol. The Kier molecular flexibility index (Phi) is 3.66. The van der Waals surface area contributed by atoms with Crippen molar-refractivity contribution in [2.45, 2.75) is 25.1 Å². The number of rotatable bonds is 3. The van der Waals surface area contributed by atoms with Gasteiger partial charge in [0.15, 0.2) is 0 Å². The Bertz CT molecular complexity index is 335. The molecular weight excluding hydrogens is 230 g/mol. The summed E-state index contributed by atoms with van der Waals surface area (Å²) in [6, 6.07) is 0.541. The van der Waals surface area contributed by atoms with Crippen molar-refractivity contribution in [1.82, 2.24) is 10.2 Å². The highest BCUT2D eigenvalue weighted by Gasteiger charge is 2.23. The quantitative estimate of drug-likeness (QED) is 0.820. The number of alkyl halides is 1. The third-order valence-electron chi connectivity index (χ3n) is 2.91. The van der Waals surface area contributed by atoms with E-state index in [0.717, 1.165) is 25.9 Å². The molecule has 1 saturated heterocycles. The molecule has 0 spiro atoms. The first-order valence-corrected chi connectivity index (χ1v) is 5.97. The fraction of sp³-hybridized carbons (Fsp3) is 0.800. The van der Waals surface area contributed by atoms with Crippen LogP contribution >= 0.6 is 11.6 Å². The number of aliphatic hydroxyl groups excluding tert-OH is 1. The molecule has 6 heteroatoms. The van der Waals surface area contributed by atoms with Gasteiger partial charge in [-0.1, -0.05) is 5.10 Å². The Labute approximate surface area is 99.4 Å². The Morgan fingerprint density at radius 3 is 2.69 bits per heavy atom. The van der Waals surface area contributed by atoms with Crippen LogP contribution in [0.4, 0.5) is 6.01 Å². The molecule has 1 unspecified atom stereocenters. The molecule has 1 aromatic heterocycles. The molecule has 16 heavy (non-hydrogen) atoms. The van der Waals surface area contributed by atoms with Gasteiger partial charge in [0.25, 0.3) is 0 Å². The Hall–Kier alpha value is -0.810. The number of hydrogen-bond donors (Lipinski definition) is 1. The zero-order chi connectivity index (χ0) is 11.5. The molecule has 0 saturated carbocycles. The Morgan fingerprint density at radius 2 is 2.19 bits per heavy atom. The largest absolute Gasteiger partial charge is 0.406 e. The van der Waals surface area contributed by atoms with Gasteiger partial charge in [0, 0.05) is 19.7 Å². The van der Waals surface area contributed by atoms with Crippen LogP contribution in [0.15, 0.2) is 4.42 Å². The van der Waals surface area contributed by atoms with E-state index in [1.54, 1.807) is 6.92 Å². The van der Waals surface area contributed by atoms with Crippen LogP contribution in [0.25, 0.3) is 0 Å². The predicted molar refractivity (Wildman–Crippen MR) is 60.6 cm³/mol. The Balaban J connectivity index is 1.97. The highest BCUT2D eigenvalue weighted by Crippen LogP contribution is 2.25. The summed E-state index contributed by atoms with van der Waals surface area (Å²) in [5.41, 5.74) is 0. The van der Waals surface area contributed by atoms with Crippen LogP contribution < -0.4 is 4.90 Å². The van der Waals surface area contributed by atoms with Gasteiger partial charge in [-0.25, -0.2) is 0 Å². The van der Waals surface area contributed by atoms with E-state index in [2.05, 4.69) is 10.2 Å². The van der Waals surface area contributed by atoms with Crippen LogP contribution in [0.5, 0.6) is 0 Å². The van der Waals surface area contributed by atoms with Crippen molar-refractivity contribution in [2.75, 3.05) is 24.6 Å². The molecule has 0 bridgehead atoms. The smallest absolute Gasteiger partial charge is 0.318 e. The molecule has 0 amide bonds. The van der Waals surface area contributed by atoms with Gasteiger partial charge in [0.05, 0.1) is 0 Å². The average Bonchev–Trinajstić information content (AvgIpc) is 2.78. The van der Waals surface area contributed by atoms with Crippen molar-refractivity contribution in [2.24, 2.45) is 5.92 Å². The molecular formula is C10H16ClN3O2. The molecule has 5 nitrogen and oxygen atoms in total. The van der Waals surface area contributed by atoms with E-state index in [9.17, 15) is 0 Å². The maximum absolute atomic E-state index is 9.04. The summed E-state index contributed by atoms with van der Waals surface area (Å²) < 4.78 is 5.46. The van der Waals surface area contributed by atoms with Crippen LogP contribution in [-0.4, -0.2) is 35.0 Å². The maximum atomic E-state index is 9.04. The summed E-state index contributed by atoms with van der Waals surface area (Å²) in [5, 5.41) is 16.6. The first kappa shape index (κ1) is 11.7. The summed E-state index contributed by atoms with van der Waals surface area (Å²) in [6.45, 7) is 3.77. The molecule has 1 aliphatic heterocycles. The zero-order valence-electron chi connectivity index (χ0n) is 9.27. The molecule has 1 fully saturated rings. The van der Waals surface area contributed by atoms with Crippen molar-refractivity contribution >= 4 is 17.6 Å².